The molecule has 0 spiro atoms. The number of carbonyl (C=O) groups excluding carboxylic acids is 1. The Morgan fingerprint density at radius 3 is 2.07 bits per heavy atom. The molecule has 4 nitrogen and oxygen atoms in total. The highest BCUT2D eigenvalue weighted by atomic mass is 16.4. The molecule has 0 heterocycles. The fourth-order valence-corrected chi connectivity index (χ4v) is 2.43. The lowest BCUT2D eigenvalue weighted by atomic mass is 9.87. The minimum Gasteiger partial charge on any atom is -0.479 e. The molecule has 1 atom stereocenters. The van der Waals surface area contributed by atoms with Crippen molar-refractivity contribution in [3.63, 3.8) is 0 Å². The third-order valence-corrected chi connectivity index (χ3v) is 3.50. The van der Waals surface area contributed by atoms with Gasteiger partial charge in [-0.05, 0) is 24.7 Å². The number of likely N-dealkylation sites (N-methyl/N-ethyl adjacent to an activating group) is 1. The van der Waals surface area contributed by atoms with Crippen molar-refractivity contribution in [2.75, 3.05) is 7.05 Å². The number of amides is 1. The first-order valence-corrected chi connectivity index (χ1v) is 5.19. The van der Waals surface area contributed by atoms with E-state index in [1.165, 1.54) is 11.8 Å². The number of aliphatic carboxylic acids is 1. The van der Waals surface area contributed by atoms with E-state index in [9.17, 15) is 14.7 Å². The van der Waals surface area contributed by atoms with Gasteiger partial charge in [0, 0.05) is 14.0 Å². The lowest BCUT2D eigenvalue weighted by Gasteiger charge is -2.35. The number of nitrogens with zero attached hydrogens (tertiary/aromatic N) is 1. The average molecular weight is 213 g/mol. The standard InChI is InChI=1S/C11H19NO3/c1-8(13)12(4)11(9(14)15)6-5-10(2,3)7-11/h5-7H2,1-4H3,(H,14,15). The van der Waals surface area contributed by atoms with Crippen LogP contribution in [-0.2, 0) is 9.59 Å². The van der Waals surface area contributed by atoms with Crippen LogP contribution in [0.2, 0.25) is 0 Å². The molecule has 86 valence electrons. The molecule has 1 unspecified atom stereocenters. The second-order valence-corrected chi connectivity index (χ2v) is 5.26. The Hall–Kier alpha value is -1.06. The first-order chi connectivity index (χ1) is 6.71. The fraction of sp³-hybridized carbons (Fsp3) is 0.818. The van der Waals surface area contributed by atoms with Gasteiger partial charge < -0.3 is 10.0 Å². The van der Waals surface area contributed by atoms with Gasteiger partial charge in [0.25, 0.3) is 0 Å². The van der Waals surface area contributed by atoms with Crippen molar-refractivity contribution in [3.8, 4) is 0 Å². The SMILES string of the molecule is CC(=O)N(C)C1(C(=O)O)CCC(C)(C)C1. The third kappa shape index (κ3) is 1.98. The number of hydrogen-bond donors (Lipinski definition) is 1. The first-order valence-electron chi connectivity index (χ1n) is 5.19. The molecule has 0 radical (unpaired) electrons. The molecule has 0 aromatic heterocycles. The van der Waals surface area contributed by atoms with Gasteiger partial charge in [-0.25, -0.2) is 4.79 Å². The summed E-state index contributed by atoms with van der Waals surface area (Å²) < 4.78 is 0. The summed E-state index contributed by atoms with van der Waals surface area (Å²) in [5, 5.41) is 9.32. The van der Waals surface area contributed by atoms with Crippen LogP contribution >= 0.6 is 0 Å². The van der Waals surface area contributed by atoms with Crippen molar-refractivity contribution in [1.82, 2.24) is 4.90 Å². The topological polar surface area (TPSA) is 57.6 Å². The summed E-state index contributed by atoms with van der Waals surface area (Å²) in [7, 11) is 1.58. The molecule has 1 fully saturated rings. The molecular weight excluding hydrogens is 194 g/mol. The van der Waals surface area contributed by atoms with Crippen molar-refractivity contribution >= 4 is 11.9 Å². The second kappa shape index (κ2) is 3.51. The van der Waals surface area contributed by atoms with E-state index in [0.717, 1.165) is 6.42 Å². The van der Waals surface area contributed by atoms with E-state index in [0.29, 0.717) is 12.8 Å². The Morgan fingerprint density at radius 1 is 1.27 bits per heavy atom. The van der Waals surface area contributed by atoms with Crippen molar-refractivity contribution in [2.45, 2.75) is 45.6 Å². The molecule has 15 heavy (non-hydrogen) atoms. The normalized spacial score (nSPS) is 28.8. The molecule has 1 N–H and O–H groups in total. The molecule has 1 saturated carbocycles. The van der Waals surface area contributed by atoms with Crippen LogP contribution in [0.3, 0.4) is 0 Å². The Bertz CT molecular complexity index is 298. The lowest BCUT2D eigenvalue weighted by molar-refractivity contribution is -0.157. The highest BCUT2D eigenvalue weighted by molar-refractivity contribution is 5.86. The summed E-state index contributed by atoms with van der Waals surface area (Å²) >= 11 is 0. The minimum atomic E-state index is -0.991. The number of rotatable bonds is 2. The molecule has 0 saturated heterocycles. The van der Waals surface area contributed by atoms with E-state index in [1.807, 2.05) is 13.8 Å². The van der Waals surface area contributed by atoms with Crippen LogP contribution in [0, 0.1) is 5.41 Å². The number of carboxylic acids is 1. The van der Waals surface area contributed by atoms with E-state index >= 15 is 0 Å². The van der Waals surface area contributed by atoms with Crippen LogP contribution in [0.1, 0.15) is 40.0 Å². The van der Waals surface area contributed by atoms with Crippen molar-refractivity contribution in [3.05, 3.63) is 0 Å². The smallest absolute Gasteiger partial charge is 0.329 e. The molecule has 4 heteroatoms. The van der Waals surface area contributed by atoms with Gasteiger partial charge in [-0.1, -0.05) is 13.8 Å². The predicted molar refractivity (Wildman–Crippen MR) is 56.4 cm³/mol. The Kier molecular flexibility index (Phi) is 2.81. The van der Waals surface area contributed by atoms with E-state index in [1.54, 1.807) is 7.05 Å². The minimum absolute atomic E-state index is 0.00208. The van der Waals surface area contributed by atoms with Crippen LogP contribution in [-0.4, -0.2) is 34.5 Å². The highest BCUT2D eigenvalue weighted by Crippen LogP contribution is 2.46. The Balaban J connectivity index is 3.02. The average Bonchev–Trinajstić information content (AvgIpc) is 2.41. The molecule has 1 amide bonds. The molecule has 1 aliphatic rings. The summed E-state index contributed by atoms with van der Waals surface area (Å²) in [5.41, 5.74) is -0.989. The molecule has 0 aromatic rings. The molecule has 0 aliphatic heterocycles. The zero-order chi connectivity index (χ0) is 11.9. The second-order valence-electron chi connectivity index (χ2n) is 5.26. The number of carbonyl (C=O) groups is 2. The van der Waals surface area contributed by atoms with Gasteiger partial charge >= 0.3 is 5.97 Å². The van der Waals surface area contributed by atoms with Crippen LogP contribution in [0.4, 0.5) is 0 Å². The van der Waals surface area contributed by atoms with Gasteiger partial charge in [0.1, 0.15) is 5.54 Å². The number of hydrogen-bond acceptors (Lipinski definition) is 2. The summed E-state index contributed by atoms with van der Waals surface area (Å²) in [6.07, 6.45) is 1.92. The molecule has 1 aliphatic carbocycles. The van der Waals surface area contributed by atoms with E-state index in [-0.39, 0.29) is 11.3 Å². The van der Waals surface area contributed by atoms with Gasteiger partial charge in [-0.3, -0.25) is 4.79 Å². The zero-order valence-electron chi connectivity index (χ0n) is 9.83. The quantitative estimate of drug-likeness (QED) is 0.756. The van der Waals surface area contributed by atoms with Gasteiger partial charge in [-0.15, -0.1) is 0 Å². The third-order valence-electron chi connectivity index (χ3n) is 3.50. The summed E-state index contributed by atoms with van der Waals surface area (Å²) in [4.78, 5) is 24.1. The first kappa shape index (κ1) is 12.0. The van der Waals surface area contributed by atoms with Crippen LogP contribution < -0.4 is 0 Å². The van der Waals surface area contributed by atoms with Gasteiger partial charge in [0.15, 0.2) is 0 Å². The van der Waals surface area contributed by atoms with Crippen LogP contribution in [0.5, 0.6) is 0 Å². The molecule has 0 bridgehead atoms. The van der Waals surface area contributed by atoms with Gasteiger partial charge in [0.2, 0.25) is 5.91 Å². The summed E-state index contributed by atoms with van der Waals surface area (Å²) in [6, 6.07) is 0. The Labute approximate surface area is 90.3 Å². The molecule has 0 aromatic carbocycles. The maximum atomic E-state index is 11.4. The van der Waals surface area contributed by atoms with Crippen molar-refractivity contribution < 1.29 is 14.7 Å². The van der Waals surface area contributed by atoms with Gasteiger partial charge in [0.05, 0.1) is 0 Å². The zero-order valence-corrected chi connectivity index (χ0v) is 9.83. The molecule has 1 rings (SSSR count). The van der Waals surface area contributed by atoms with Crippen LogP contribution in [0.25, 0.3) is 0 Å². The summed E-state index contributed by atoms with van der Waals surface area (Å²) in [6.45, 7) is 5.51. The predicted octanol–water partition coefficient (Wildman–Crippen LogP) is 1.50. The highest BCUT2D eigenvalue weighted by Gasteiger charge is 2.52. The van der Waals surface area contributed by atoms with E-state index in [2.05, 4.69) is 0 Å². The molecular formula is C11H19NO3. The van der Waals surface area contributed by atoms with E-state index < -0.39 is 11.5 Å². The fourth-order valence-electron chi connectivity index (χ4n) is 2.43. The van der Waals surface area contributed by atoms with Crippen LogP contribution in [0.15, 0.2) is 0 Å². The summed E-state index contributed by atoms with van der Waals surface area (Å²) in [5.74, 6) is -1.07. The largest absolute Gasteiger partial charge is 0.479 e. The monoisotopic (exact) mass is 213 g/mol. The van der Waals surface area contributed by atoms with Crippen molar-refractivity contribution in [2.24, 2.45) is 5.41 Å². The maximum absolute atomic E-state index is 11.4. The maximum Gasteiger partial charge on any atom is 0.329 e. The lowest BCUT2D eigenvalue weighted by Crippen LogP contribution is -2.53. The Morgan fingerprint density at radius 2 is 1.80 bits per heavy atom. The van der Waals surface area contributed by atoms with E-state index in [4.69, 9.17) is 0 Å². The van der Waals surface area contributed by atoms with Gasteiger partial charge in [-0.2, -0.15) is 0 Å². The number of carboxylic acid groups (broad SMARTS) is 1. The van der Waals surface area contributed by atoms with Crippen molar-refractivity contribution in [1.29, 1.82) is 0 Å².